The zero-order valence-electron chi connectivity index (χ0n) is 13.6. The SMILES string of the molecule is c1ccc(C2=NN3C(C2)c2ccccc2OC3c2ccncc2)cc1. The molecular weight excluding hydrogens is 310 g/mol. The number of hydrazone groups is 1. The standard InChI is InChI=1S/C21H17N3O/c1-2-6-15(7-3-1)18-14-19-17-8-4-5-9-20(17)25-21(24(19)23-18)16-10-12-22-13-11-16/h1-13,19,21H,14H2. The first-order chi connectivity index (χ1) is 12.4. The predicted octanol–water partition coefficient (Wildman–Crippen LogP) is 4.32. The first kappa shape index (κ1) is 14.2. The van der Waals surface area contributed by atoms with Gasteiger partial charge in [0.05, 0.1) is 11.8 Å². The second kappa shape index (κ2) is 5.74. The predicted molar refractivity (Wildman–Crippen MR) is 96.2 cm³/mol. The summed E-state index contributed by atoms with van der Waals surface area (Å²) in [6, 6.07) is 22.8. The summed E-state index contributed by atoms with van der Waals surface area (Å²) in [4.78, 5) is 4.12. The van der Waals surface area contributed by atoms with Gasteiger partial charge in [-0.3, -0.25) is 4.98 Å². The van der Waals surface area contributed by atoms with Gasteiger partial charge in [0.15, 0.2) is 0 Å². The quantitative estimate of drug-likeness (QED) is 0.703. The largest absolute Gasteiger partial charge is 0.464 e. The van der Waals surface area contributed by atoms with E-state index < -0.39 is 0 Å². The van der Waals surface area contributed by atoms with Crippen LogP contribution in [0.15, 0.2) is 84.2 Å². The lowest BCUT2D eigenvalue weighted by Gasteiger charge is -2.38. The Bertz CT molecular complexity index is 924. The Balaban J connectivity index is 1.61. The summed E-state index contributed by atoms with van der Waals surface area (Å²) in [5.41, 5.74) is 4.53. The maximum Gasteiger partial charge on any atom is 0.213 e. The van der Waals surface area contributed by atoms with Crippen LogP contribution in [-0.2, 0) is 0 Å². The van der Waals surface area contributed by atoms with E-state index in [-0.39, 0.29) is 12.3 Å². The van der Waals surface area contributed by atoms with E-state index in [9.17, 15) is 0 Å². The molecule has 0 spiro atoms. The molecule has 0 amide bonds. The summed E-state index contributed by atoms with van der Waals surface area (Å²) >= 11 is 0. The third-order valence-corrected chi connectivity index (χ3v) is 4.80. The Hall–Kier alpha value is -3.14. The summed E-state index contributed by atoms with van der Waals surface area (Å²) in [5.74, 6) is 0.940. The van der Waals surface area contributed by atoms with Crippen molar-refractivity contribution in [3.05, 3.63) is 95.8 Å². The Morgan fingerprint density at radius 1 is 0.880 bits per heavy atom. The van der Waals surface area contributed by atoms with Gasteiger partial charge in [0.25, 0.3) is 0 Å². The molecule has 0 fully saturated rings. The fourth-order valence-corrected chi connectivity index (χ4v) is 3.59. The minimum Gasteiger partial charge on any atom is -0.464 e. The van der Waals surface area contributed by atoms with E-state index in [1.807, 2.05) is 30.3 Å². The van der Waals surface area contributed by atoms with E-state index >= 15 is 0 Å². The molecule has 2 aliphatic rings. The molecular formula is C21H17N3O. The van der Waals surface area contributed by atoms with Gasteiger partial charge in [0, 0.05) is 29.9 Å². The summed E-state index contributed by atoms with van der Waals surface area (Å²) in [7, 11) is 0. The molecule has 0 radical (unpaired) electrons. The molecule has 4 nitrogen and oxygen atoms in total. The van der Waals surface area contributed by atoms with E-state index in [4.69, 9.17) is 9.84 Å². The molecule has 2 unspecified atom stereocenters. The van der Waals surface area contributed by atoms with Crippen LogP contribution in [0.1, 0.15) is 35.4 Å². The van der Waals surface area contributed by atoms with Crippen molar-refractivity contribution in [2.45, 2.75) is 18.7 Å². The lowest BCUT2D eigenvalue weighted by molar-refractivity contribution is -0.0190. The molecule has 0 saturated heterocycles. The van der Waals surface area contributed by atoms with Gasteiger partial charge in [-0.1, -0.05) is 48.5 Å². The monoisotopic (exact) mass is 327 g/mol. The van der Waals surface area contributed by atoms with Crippen LogP contribution in [0.5, 0.6) is 5.75 Å². The molecule has 4 heteroatoms. The summed E-state index contributed by atoms with van der Waals surface area (Å²) < 4.78 is 6.31. The van der Waals surface area contributed by atoms with Crippen molar-refractivity contribution >= 4 is 5.71 Å². The number of nitrogens with zero attached hydrogens (tertiary/aromatic N) is 3. The molecule has 2 aliphatic heterocycles. The van der Waals surface area contributed by atoms with Crippen LogP contribution in [-0.4, -0.2) is 15.7 Å². The minimum absolute atomic E-state index is 0.193. The van der Waals surface area contributed by atoms with Crippen LogP contribution in [0.3, 0.4) is 0 Å². The Morgan fingerprint density at radius 2 is 1.64 bits per heavy atom. The molecule has 0 N–H and O–H groups in total. The van der Waals surface area contributed by atoms with E-state index in [0.29, 0.717) is 0 Å². The molecule has 122 valence electrons. The molecule has 0 bridgehead atoms. The fraction of sp³-hybridized carbons (Fsp3) is 0.143. The van der Waals surface area contributed by atoms with E-state index in [0.717, 1.165) is 23.4 Å². The normalized spacial score (nSPS) is 21.1. The number of rotatable bonds is 2. The highest BCUT2D eigenvalue weighted by Crippen LogP contribution is 2.47. The van der Waals surface area contributed by atoms with Crippen LogP contribution >= 0.6 is 0 Å². The lowest BCUT2D eigenvalue weighted by Crippen LogP contribution is -2.33. The highest BCUT2D eigenvalue weighted by molar-refractivity contribution is 6.01. The van der Waals surface area contributed by atoms with E-state index in [2.05, 4.69) is 46.4 Å². The maximum atomic E-state index is 6.31. The second-order valence-electron chi connectivity index (χ2n) is 6.30. The van der Waals surface area contributed by atoms with Gasteiger partial charge < -0.3 is 4.74 Å². The van der Waals surface area contributed by atoms with Crippen molar-refractivity contribution in [3.8, 4) is 5.75 Å². The van der Waals surface area contributed by atoms with E-state index in [1.165, 1.54) is 11.1 Å². The van der Waals surface area contributed by atoms with Gasteiger partial charge in [-0.05, 0) is 23.8 Å². The molecule has 2 aromatic carbocycles. The minimum atomic E-state index is -0.232. The van der Waals surface area contributed by atoms with Crippen molar-refractivity contribution in [2.24, 2.45) is 5.10 Å². The Kier molecular flexibility index (Phi) is 3.27. The molecule has 2 atom stereocenters. The first-order valence-electron chi connectivity index (χ1n) is 8.47. The van der Waals surface area contributed by atoms with Crippen LogP contribution < -0.4 is 4.74 Å². The maximum absolute atomic E-state index is 6.31. The third kappa shape index (κ3) is 2.38. The van der Waals surface area contributed by atoms with Crippen LogP contribution in [0.2, 0.25) is 0 Å². The number of aromatic nitrogens is 1. The molecule has 3 heterocycles. The van der Waals surface area contributed by atoms with Crippen molar-refractivity contribution in [3.63, 3.8) is 0 Å². The average molecular weight is 327 g/mol. The number of hydrogen-bond donors (Lipinski definition) is 0. The van der Waals surface area contributed by atoms with Gasteiger partial charge in [0.1, 0.15) is 5.75 Å². The second-order valence-corrected chi connectivity index (χ2v) is 6.30. The van der Waals surface area contributed by atoms with Crippen LogP contribution in [0, 0.1) is 0 Å². The van der Waals surface area contributed by atoms with Crippen molar-refractivity contribution < 1.29 is 4.74 Å². The van der Waals surface area contributed by atoms with Gasteiger partial charge in [-0.15, -0.1) is 0 Å². The van der Waals surface area contributed by atoms with Gasteiger partial charge >= 0.3 is 0 Å². The highest BCUT2D eigenvalue weighted by atomic mass is 16.5. The van der Waals surface area contributed by atoms with Gasteiger partial charge in [-0.2, -0.15) is 5.10 Å². The number of hydrogen-bond acceptors (Lipinski definition) is 4. The summed E-state index contributed by atoms with van der Waals surface area (Å²) in [5, 5.41) is 7.04. The van der Waals surface area contributed by atoms with Gasteiger partial charge in [-0.25, -0.2) is 5.01 Å². The number of ether oxygens (including phenoxy) is 1. The van der Waals surface area contributed by atoms with Crippen LogP contribution in [0.25, 0.3) is 0 Å². The summed E-state index contributed by atoms with van der Waals surface area (Å²) in [6.45, 7) is 0. The molecule has 0 saturated carbocycles. The zero-order valence-corrected chi connectivity index (χ0v) is 13.6. The lowest BCUT2D eigenvalue weighted by atomic mass is 9.96. The Morgan fingerprint density at radius 3 is 2.48 bits per heavy atom. The number of benzene rings is 2. The number of pyridine rings is 1. The molecule has 25 heavy (non-hydrogen) atoms. The number of fused-ring (bicyclic) bond motifs is 3. The average Bonchev–Trinajstić information content (AvgIpc) is 3.14. The molecule has 3 aromatic rings. The van der Waals surface area contributed by atoms with Crippen LogP contribution in [0.4, 0.5) is 0 Å². The van der Waals surface area contributed by atoms with Crippen molar-refractivity contribution in [1.29, 1.82) is 0 Å². The Labute approximate surface area is 146 Å². The summed E-state index contributed by atoms with van der Waals surface area (Å²) in [6.07, 6.45) is 4.24. The molecule has 0 aliphatic carbocycles. The number of para-hydroxylation sites is 1. The topological polar surface area (TPSA) is 37.7 Å². The molecule has 5 rings (SSSR count). The smallest absolute Gasteiger partial charge is 0.213 e. The molecule has 1 aromatic heterocycles. The highest BCUT2D eigenvalue weighted by Gasteiger charge is 2.40. The van der Waals surface area contributed by atoms with Crippen molar-refractivity contribution in [1.82, 2.24) is 9.99 Å². The first-order valence-corrected chi connectivity index (χ1v) is 8.47. The fourth-order valence-electron chi connectivity index (χ4n) is 3.59. The zero-order chi connectivity index (χ0) is 16.6. The van der Waals surface area contributed by atoms with Gasteiger partial charge in [0.2, 0.25) is 6.23 Å². The van der Waals surface area contributed by atoms with Crippen molar-refractivity contribution in [2.75, 3.05) is 0 Å². The third-order valence-electron chi connectivity index (χ3n) is 4.80. The van der Waals surface area contributed by atoms with E-state index in [1.54, 1.807) is 12.4 Å².